The molecule has 1 aromatic rings. The minimum atomic E-state index is -0.307. The third kappa shape index (κ3) is 1.45. The second kappa shape index (κ2) is 2.69. The van der Waals surface area contributed by atoms with E-state index in [1.165, 1.54) is 6.07 Å². The maximum Gasteiger partial charge on any atom is 0.127 e. The van der Waals surface area contributed by atoms with Gasteiger partial charge in [0.05, 0.1) is 0 Å². The minimum Gasteiger partial charge on any atom is -0.321 e. The molecule has 2 N–H and O–H groups in total. The van der Waals surface area contributed by atoms with Gasteiger partial charge in [0.25, 0.3) is 0 Å². The highest BCUT2D eigenvalue weighted by atomic mass is 35.5. The lowest BCUT2D eigenvalue weighted by Crippen LogP contribution is -2.19. The lowest BCUT2D eigenvalue weighted by atomic mass is 10.0. The van der Waals surface area contributed by atoms with Crippen molar-refractivity contribution in [1.82, 2.24) is 0 Å². The summed E-state index contributed by atoms with van der Waals surface area (Å²) >= 11 is 5.86. The van der Waals surface area contributed by atoms with Gasteiger partial charge in [-0.15, -0.1) is 0 Å². The third-order valence-electron chi connectivity index (χ3n) is 2.64. The van der Waals surface area contributed by atoms with Crippen LogP contribution in [-0.4, -0.2) is 0 Å². The van der Waals surface area contributed by atoms with Crippen LogP contribution in [0.2, 0.25) is 5.02 Å². The van der Waals surface area contributed by atoms with Crippen molar-refractivity contribution in [3.8, 4) is 0 Å². The molecule has 0 bridgehead atoms. The van der Waals surface area contributed by atoms with Crippen LogP contribution in [0.3, 0.4) is 0 Å². The second-order valence-electron chi connectivity index (χ2n) is 3.72. The zero-order valence-electron chi connectivity index (χ0n) is 7.40. The molecule has 0 radical (unpaired) electrons. The van der Waals surface area contributed by atoms with Crippen LogP contribution in [0, 0.1) is 12.7 Å². The lowest BCUT2D eigenvalue weighted by Gasteiger charge is -2.11. The van der Waals surface area contributed by atoms with Gasteiger partial charge in [0.1, 0.15) is 5.82 Å². The van der Waals surface area contributed by atoms with Crippen LogP contribution in [0.1, 0.15) is 24.0 Å². The summed E-state index contributed by atoms with van der Waals surface area (Å²) in [6.07, 6.45) is 1.84. The average molecular weight is 200 g/mol. The van der Waals surface area contributed by atoms with Gasteiger partial charge in [-0.3, -0.25) is 0 Å². The molecule has 3 heteroatoms. The van der Waals surface area contributed by atoms with Crippen molar-refractivity contribution in [2.24, 2.45) is 5.73 Å². The summed E-state index contributed by atoms with van der Waals surface area (Å²) < 4.78 is 13.3. The van der Waals surface area contributed by atoms with Crippen molar-refractivity contribution in [2.45, 2.75) is 25.3 Å². The highest BCUT2D eigenvalue weighted by molar-refractivity contribution is 6.31. The van der Waals surface area contributed by atoms with Gasteiger partial charge >= 0.3 is 0 Å². The summed E-state index contributed by atoms with van der Waals surface area (Å²) in [4.78, 5) is 0. The quantitative estimate of drug-likeness (QED) is 0.740. The maximum atomic E-state index is 13.3. The molecule has 1 aliphatic carbocycles. The van der Waals surface area contributed by atoms with E-state index in [4.69, 9.17) is 17.3 Å². The van der Waals surface area contributed by atoms with Crippen molar-refractivity contribution < 1.29 is 4.39 Å². The molecule has 0 atom stereocenters. The Morgan fingerprint density at radius 2 is 2.08 bits per heavy atom. The molecule has 13 heavy (non-hydrogen) atoms. The first kappa shape index (κ1) is 8.97. The minimum absolute atomic E-state index is 0.265. The zero-order chi connectivity index (χ0) is 9.64. The summed E-state index contributed by atoms with van der Waals surface area (Å²) in [6.45, 7) is 1.66. The molecule has 0 aromatic heterocycles. The highest BCUT2D eigenvalue weighted by Crippen LogP contribution is 2.43. The molecule has 0 spiro atoms. The van der Waals surface area contributed by atoms with E-state index in [-0.39, 0.29) is 11.4 Å². The van der Waals surface area contributed by atoms with Gasteiger partial charge in [0.15, 0.2) is 0 Å². The second-order valence-corrected chi connectivity index (χ2v) is 4.13. The molecule has 0 heterocycles. The van der Waals surface area contributed by atoms with Gasteiger partial charge in [-0.05, 0) is 37.5 Å². The van der Waals surface area contributed by atoms with Gasteiger partial charge in [-0.1, -0.05) is 11.6 Å². The topological polar surface area (TPSA) is 26.0 Å². The van der Waals surface area contributed by atoms with Crippen LogP contribution < -0.4 is 5.73 Å². The Labute approximate surface area is 81.7 Å². The molecule has 1 aromatic carbocycles. The van der Waals surface area contributed by atoms with E-state index in [9.17, 15) is 4.39 Å². The number of benzene rings is 1. The lowest BCUT2D eigenvalue weighted by molar-refractivity contribution is 0.609. The number of rotatable bonds is 1. The van der Waals surface area contributed by atoms with Gasteiger partial charge in [0, 0.05) is 16.1 Å². The van der Waals surface area contributed by atoms with Gasteiger partial charge < -0.3 is 5.73 Å². The normalized spacial score (nSPS) is 18.8. The van der Waals surface area contributed by atoms with E-state index in [1.54, 1.807) is 13.0 Å². The molecule has 1 fully saturated rings. The van der Waals surface area contributed by atoms with Crippen molar-refractivity contribution >= 4 is 11.6 Å². The van der Waals surface area contributed by atoms with Gasteiger partial charge in [-0.25, -0.2) is 4.39 Å². The standard InChI is InChI=1S/C10H11ClFN/c1-6-8(11)4-7(5-9(6)12)10(13)2-3-10/h4-5H,2-3,13H2,1H3. The number of halogens is 2. The predicted molar refractivity (Wildman–Crippen MR) is 51.2 cm³/mol. The molecule has 0 unspecified atom stereocenters. The van der Waals surface area contributed by atoms with Crippen molar-refractivity contribution in [3.63, 3.8) is 0 Å². The van der Waals surface area contributed by atoms with E-state index in [0.717, 1.165) is 18.4 Å². The van der Waals surface area contributed by atoms with E-state index < -0.39 is 0 Å². The van der Waals surface area contributed by atoms with Crippen LogP contribution >= 0.6 is 11.6 Å². The molecule has 0 saturated heterocycles. The van der Waals surface area contributed by atoms with E-state index in [2.05, 4.69) is 0 Å². The van der Waals surface area contributed by atoms with E-state index in [1.807, 2.05) is 0 Å². The Morgan fingerprint density at radius 1 is 1.46 bits per heavy atom. The number of hydrogen-bond donors (Lipinski definition) is 1. The molecule has 1 saturated carbocycles. The van der Waals surface area contributed by atoms with Crippen LogP contribution in [0.4, 0.5) is 4.39 Å². The van der Waals surface area contributed by atoms with Gasteiger partial charge in [-0.2, -0.15) is 0 Å². The van der Waals surface area contributed by atoms with Gasteiger partial charge in [0.2, 0.25) is 0 Å². The molecular formula is C10H11ClFN. The molecular weight excluding hydrogens is 189 g/mol. The Bertz CT molecular complexity index is 335. The Balaban J connectivity index is 2.50. The van der Waals surface area contributed by atoms with Crippen LogP contribution in [0.5, 0.6) is 0 Å². The van der Waals surface area contributed by atoms with Crippen LogP contribution in [0.25, 0.3) is 0 Å². The fourth-order valence-electron chi connectivity index (χ4n) is 1.36. The molecule has 1 nitrogen and oxygen atoms in total. The largest absolute Gasteiger partial charge is 0.321 e. The smallest absolute Gasteiger partial charge is 0.127 e. The highest BCUT2D eigenvalue weighted by Gasteiger charge is 2.40. The average Bonchev–Trinajstić information content (AvgIpc) is 2.80. The third-order valence-corrected chi connectivity index (χ3v) is 3.04. The molecule has 0 aliphatic heterocycles. The first-order valence-corrected chi connectivity index (χ1v) is 4.66. The Hall–Kier alpha value is -0.600. The first-order chi connectivity index (χ1) is 6.03. The number of hydrogen-bond acceptors (Lipinski definition) is 1. The monoisotopic (exact) mass is 199 g/mol. The SMILES string of the molecule is Cc1c(F)cc(C2(N)CC2)cc1Cl. The molecule has 0 amide bonds. The number of nitrogens with two attached hydrogens (primary N) is 1. The summed E-state index contributed by atoms with van der Waals surface area (Å²) in [5.74, 6) is -0.265. The summed E-state index contributed by atoms with van der Waals surface area (Å²) in [7, 11) is 0. The van der Waals surface area contributed by atoms with Crippen molar-refractivity contribution in [2.75, 3.05) is 0 Å². The fraction of sp³-hybridized carbons (Fsp3) is 0.400. The summed E-state index contributed by atoms with van der Waals surface area (Å²) in [5, 5.41) is 0.465. The maximum absolute atomic E-state index is 13.3. The Kier molecular flexibility index (Phi) is 1.86. The predicted octanol–water partition coefficient (Wildman–Crippen LogP) is 2.74. The molecule has 70 valence electrons. The van der Waals surface area contributed by atoms with E-state index >= 15 is 0 Å². The summed E-state index contributed by atoms with van der Waals surface area (Å²) in [5.41, 5.74) is 6.94. The summed E-state index contributed by atoms with van der Waals surface area (Å²) in [6, 6.07) is 3.27. The Morgan fingerprint density at radius 3 is 2.54 bits per heavy atom. The van der Waals surface area contributed by atoms with Crippen LogP contribution in [-0.2, 0) is 5.54 Å². The molecule has 2 rings (SSSR count). The molecule has 1 aliphatic rings. The van der Waals surface area contributed by atoms with Crippen molar-refractivity contribution in [1.29, 1.82) is 0 Å². The van der Waals surface area contributed by atoms with Crippen molar-refractivity contribution in [3.05, 3.63) is 34.1 Å². The van der Waals surface area contributed by atoms with E-state index in [0.29, 0.717) is 10.6 Å². The zero-order valence-corrected chi connectivity index (χ0v) is 8.16. The van der Waals surface area contributed by atoms with Crippen LogP contribution in [0.15, 0.2) is 12.1 Å². The first-order valence-electron chi connectivity index (χ1n) is 4.28. The fourth-order valence-corrected chi connectivity index (χ4v) is 1.56.